The summed E-state index contributed by atoms with van der Waals surface area (Å²) >= 11 is 0. The summed E-state index contributed by atoms with van der Waals surface area (Å²) in [6.07, 6.45) is 0. The molecule has 4 heteroatoms. The van der Waals surface area contributed by atoms with Crippen molar-refractivity contribution in [1.82, 2.24) is 13.7 Å². The zero-order valence-electron chi connectivity index (χ0n) is 38.3. The first-order valence-electron chi connectivity index (χ1n) is 24.2. The fourth-order valence-electron chi connectivity index (χ4n) is 11.8. The van der Waals surface area contributed by atoms with E-state index in [-0.39, 0.29) is 0 Å². The summed E-state index contributed by atoms with van der Waals surface area (Å²) in [6.45, 7) is 0. The third-order valence-electron chi connectivity index (χ3n) is 14.8. The molecule has 0 atom stereocenters. The Morgan fingerprint density at radius 2 is 0.657 bits per heavy atom. The maximum Gasteiger partial charge on any atom is 0.179 e. The van der Waals surface area contributed by atoms with Crippen molar-refractivity contribution in [3.05, 3.63) is 273 Å². The minimum absolute atomic E-state index is 1.13. The topological polar surface area (TPSA) is 14.8 Å². The highest BCUT2D eigenvalue weighted by molar-refractivity contribution is 7.19. The van der Waals surface area contributed by atoms with Gasteiger partial charge in [0.25, 0.3) is 0 Å². The van der Waals surface area contributed by atoms with E-state index in [1.165, 1.54) is 97.3 Å². The van der Waals surface area contributed by atoms with Crippen molar-refractivity contribution < 1.29 is 0 Å². The smallest absolute Gasteiger partial charge is 0.179 e. The Balaban J connectivity index is 1.02. The maximum atomic E-state index is 2.52. The molecule has 0 fully saturated rings. The molecule has 0 saturated heterocycles. The van der Waals surface area contributed by atoms with Crippen molar-refractivity contribution >= 4 is 94.2 Å². The van der Waals surface area contributed by atoms with Crippen molar-refractivity contribution in [3.8, 4) is 28.2 Å². The molecular weight excluding hydrogens is 863 g/mol. The molecule has 0 amide bonds. The molecule has 14 rings (SSSR count). The lowest BCUT2D eigenvalue weighted by Gasteiger charge is -2.34. The van der Waals surface area contributed by atoms with Gasteiger partial charge in [0, 0.05) is 43.7 Å². The van der Waals surface area contributed by atoms with Crippen molar-refractivity contribution in [1.29, 1.82) is 0 Å². The van der Waals surface area contributed by atoms with Gasteiger partial charge >= 0.3 is 0 Å². The highest BCUT2D eigenvalue weighted by Crippen LogP contribution is 2.42. The van der Waals surface area contributed by atoms with Gasteiger partial charge in [-0.05, 0) is 92.5 Å². The number of hydrogen-bond acceptors (Lipinski definition) is 0. The molecule has 0 aliphatic rings. The molecule has 0 spiro atoms. The van der Waals surface area contributed by atoms with Crippen LogP contribution in [0.5, 0.6) is 0 Å². The Bertz CT molecular complexity index is 4180. The average molecular weight is 908 g/mol. The monoisotopic (exact) mass is 907 g/mol. The van der Waals surface area contributed by atoms with Crippen LogP contribution in [0, 0.1) is 0 Å². The standard InChI is InChI=1S/C66H45N3Si/c1-5-21-46(22-6-1)47-39-41-56-54-31-13-16-34-59(54)68(64(56)43-47)49-40-42-57-55-32-14-17-35-60(55)69(65(57)45-49)63-38-20-37-62-66(63)58-33-15-18-36-61(58)67(62)48-23-19-30-53(44-48)70(50-24-7-2-8-25-50,51-26-9-3-10-27-51)52-28-11-4-12-29-52/h1-45H. The third-order valence-corrected chi connectivity index (χ3v) is 19.5. The van der Waals surface area contributed by atoms with Gasteiger partial charge in [0.1, 0.15) is 0 Å². The number of hydrogen-bond donors (Lipinski definition) is 0. The Morgan fingerprint density at radius 3 is 1.29 bits per heavy atom. The quantitative estimate of drug-likeness (QED) is 0.107. The van der Waals surface area contributed by atoms with Crippen LogP contribution in [0.25, 0.3) is 93.6 Å². The van der Waals surface area contributed by atoms with E-state index < -0.39 is 8.07 Å². The van der Waals surface area contributed by atoms with Gasteiger partial charge in [0.2, 0.25) is 0 Å². The van der Waals surface area contributed by atoms with E-state index in [0.29, 0.717) is 0 Å². The van der Waals surface area contributed by atoms with Crippen LogP contribution in [0.2, 0.25) is 0 Å². The van der Waals surface area contributed by atoms with Gasteiger partial charge in [-0.25, -0.2) is 0 Å². The van der Waals surface area contributed by atoms with Gasteiger partial charge in [-0.15, -0.1) is 0 Å². The molecule has 0 bridgehead atoms. The summed E-state index contributed by atoms with van der Waals surface area (Å²) in [5, 5.41) is 12.8. The van der Waals surface area contributed by atoms with E-state index >= 15 is 0 Å². The molecule has 3 heterocycles. The number of fused-ring (bicyclic) bond motifs is 9. The molecule has 11 aromatic carbocycles. The molecule has 0 aliphatic carbocycles. The molecule has 14 aromatic rings. The number of nitrogens with zero attached hydrogens (tertiary/aromatic N) is 3. The number of benzene rings is 11. The van der Waals surface area contributed by atoms with Gasteiger partial charge in [-0.3, -0.25) is 0 Å². The zero-order valence-corrected chi connectivity index (χ0v) is 39.3. The Labute approximate surface area is 407 Å². The van der Waals surface area contributed by atoms with Gasteiger partial charge in [-0.1, -0.05) is 212 Å². The SMILES string of the molecule is c1ccc(-c2ccc3c4ccccc4n(-c4ccc5c6ccccc6n(-c6cccc7c6c6ccccc6n7-c6cccc([Si](c7ccccc7)(c7ccccc7)c7ccccc7)c6)c5c4)c3c2)cc1. The van der Waals surface area contributed by atoms with E-state index in [4.69, 9.17) is 0 Å². The largest absolute Gasteiger partial charge is 0.309 e. The maximum absolute atomic E-state index is 2.80. The highest BCUT2D eigenvalue weighted by Gasteiger charge is 2.41. The summed E-state index contributed by atoms with van der Waals surface area (Å²) < 4.78 is 7.48. The summed E-state index contributed by atoms with van der Waals surface area (Å²) in [5.74, 6) is 0. The lowest BCUT2D eigenvalue weighted by atomic mass is 10.0. The molecule has 328 valence electrons. The Morgan fingerprint density at radius 1 is 0.229 bits per heavy atom. The van der Waals surface area contributed by atoms with E-state index in [1.54, 1.807) is 0 Å². The van der Waals surface area contributed by atoms with E-state index in [0.717, 1.165) is 17.1 Å². The lowest BCUT2D eigenvalue weighted by Crippen LogP contribution is -2.74. The Kier molecular flexibility index (Phi) is 9.23. The first-order valence-corrected chi connectivity index (χ1v) is 26.2. The van der Waals surface area contributed by atoms with Crippen LogP contribution in [-0.4, -0.2) is 21.8 Å². The van der Waals surface area contributed by atoms with Crippen molar-refractivity contribution in [2.45, 2.75) is 0 Å². The van der Waals surface area contributed by atoms with Crippen LogP contribution >= 0.6 is 0 Å². The summed E-state index contributed by atoms with van der Waals surface area (Å²) in [4.78, 5) is 0. The average Bonchev–Trinajstić information content (AvgIpc) is 4.08. The minimum Gasteiger partial charge on any atom is -0.309 e. The number of aromatic nitrogens is 3. The van der Waals surface area contributed by atoms with E-state index in [2.05, 4.69) is 287 Å². The van der Waals surface area contributed by atoms with Crippen LogP contribution in [0.3, 0.4) is 0 Å². The van der Waals surface area contributed by atoms with Crippen LogP contribution in [0.4, 0.5) is 0 Å². The minimum atomic E-state index is -2.80. The van der Waals surface area contributed by atoms with Crippen molar-refractivity contribution in [2.24, 2.45) is 0 Å². The second-order valence-corrected chi connectivity index (χ2v) is 22.2. The normalized spacial score (nSPS) is 12.0. The summed E-state index contributed by atoms with van der Waals surface area (Å²) in [5.41, 5.74) is 12.9. The zero-order chi connectivity index (χ0) is 46.2. The lowest BCUT2D eigenvalue weighted by molar-refractivity contribution is 1.16. The Hall–Kier alpha value is -8.96. The number of rotatable bonds is 8. The first kappa shape index (κ1) is 40.1. The molecule has 0 saturated carbocycles. The third kappa shape index (κ3) is 6.00. The fraction of sp³-hybridized carbons (Fsp3) is 0. The van der Waals surface area contributed by atoms with Crippen LogP contribution < -0.4 is 20.7 Å². The van der Waals surface area contributed by atoms with E-state index in [9.17, 15) is 0 Å². The second kappa shape index (κ2) is 16.1. The van der Waals surface area contributed by atoms with Crippen LogP contribution in [0.15, 0.2) is 273 Å². The molecule has 0 radical (unpaired) electrons. The molecule has 0 unspecified atom stereocenters. The van der Waals surface area contributed by atoms with Gasteiger partial charge in [0.05, 0.1) is 38.8 Å². The fourth-order valence-corrected chi connectivity index (χ4v) is 16.6. The second-order valence-electron chi connectivity index (χ2n) is 18.4. The highest BCUT2D eigenvalue weighted by atomic mass is 28.3. The predicted octanol–water partition coefficient (Wildman–Crippen LogP) is 14.0. The van der Waals surface area contributed by atoms with Crippen LogP contribution in [-0.2, 0) is 0 Å². The summed E-state index contributed by atoms with van der Waals surface area (Å²) in [6, 6.07) is 101. The van der Waals surface area contributed by atoms with Gasteiger partial charge in [-0.2, -0.15) is 0 Å². The molecule has 0 N–H and O–H groups in total. The first-order chi connectivity index (χ1) is 34.8. The van der Waals surface area contributed by atoms with Crippen molar-refractivity contribution in [2.75, 3.05) is 0 Å². The molecule has 0 aliphatic heterocycles. The molecule has 70 heavy (non-hydrogen) atoms. The van der Waals surface area contributed by atoms with Crippen LogP contribution in [0.1, 0.15) is 0 Å². The van der Waals surface area contributed by atoms with Gasteiger partial charge in [0.15, 0.2) is 8.07 Å². The van der Waals surface area contributed by atoms with Gasteiger partial charge < -0.3 is 13.7 Å². The number of para-hydroxylation sites is 3. The molecular formula is C66H45N3Si. The summed E-state index contributed by atoms with van der Waals surface area (Å²) in [7, 11) is -2.80. The predicted molar refractivity (Wildman–Crippen MR) is 299 cm³/mol. The molecule has 3 aromatic heterocycles. The van der Waals surface area contributed by atoms with Crippen molar-refractivity contribution in [3.63, 3.8) is 0 Å². The van der Waals surface area contributed by atoms with E-state index in [1.807, 2.05) is 0 Å². The molecule has 3 nitrogen and oxygen atoms in total.